The summed E-state index contributed by atoms with van der Waals surface area (Å²) in [5.74, 6) is 0. The molecule has 2 heterocycles. The molecule has 8 heteroatoms. The van der Waals surface area contributed by atoms with Gasteiger partial charge in [0.25, 0.3) is 0 Å². The van der Waals surface area contributed by atoms with Gasteiger partial charge in [-0.25, -0.2) is 8.42 Å². The van der Waals surface area contributed by atoms with Crippen molar-refractivity contribution in [3.63, 3.8) is 0 Å². The quantitative estimate of drug-likeness (QED) is 0.829. The molecule has 0 amide bonds. The molecule has 0 unspecified atom stereocenters. The van der Waals surface area contributed by atoms with Gasteiger partial charge < -0.3 is 10.1 Å². The Labute approximate surface area is 138 Å². The van der Waals surface area contributed by atoms with Crippen molar-refractivity contribution >= 4 is 37.3 Å². The Kier molecular flexibility index (Phi) is 5.49. The van der Waals surface area contributed by atoms with E-state index in [1.807, 2.05) is 20.8 Å². The van der Waals surface area contributed by atoms with Crippen LogP contribution < -0.4 is 5.32 Å². The molecule has 120 valence electrons. The summed E-state index contributed by atoms with van der Waals surface area (Å²) in [5, 5.41) is 3.21. The summed E-state index contributed by atoms with van der Waals surface area (Å²) >= 11 is 4.86. The van der Waals surface area contributed by atoms with Crippen LogP contribution in [-0.2, 0) is 21.3 Å². The Morgan fingerprint density at radius 3 is 2.86 bits per heavy atom. The summed E-state index contributed by atoms with van der Waals surface area (Å²) in [4.78, 5) is 1.37. The third-order valence-electron chi connectivity index (χ3n) is 3.26. The standard InChI is InChI=1S/C13H21BrN2O3S2/c1-4-15-8-10-7-11(12(14)20-10)21(17,18)16-5-6-19-13(2,3)9-16/h7,15H,4-6,8-9H2,1-3H3. The topological polar surface area (TPSA) is 58.6 Å². The van der Waals surface area contributed by atoms with Crippen LogP contribution in [0.2, 0.25) is 0 Å². The van der Waals surface area contributed by atoms with E-state index in [4.69, 9.17) is 4.74 Å². The minimum absolute atomic E-state index is 0.359. The largest absolute Gasteiger partial charge is 0.373 e. The number of rotatable bonds is 5. The van der Waals surface area contributed by atoms with Crippen LogP contribution in [0.5, 0.6) is 0 Å². The van der Waals surface area contributed by atoms with Crippen molar-refractivity contribution in [2.24, 2.45) is 0 Å². The molecule has 21 heavy (non-hydrogen) atoms. The normalized spacial score (nSPS) is 19.8. The zero-order valence-corrected chi connectivity index (χ0v) is 15.7. The second-order valence-corrected chi connectivity index (χ2v) is 9.94. The van der Waals surface area contributed by atoms with Crippen molar-refractivity contribution < 1.29 is 13.2 Å². The number of nitrogens with zero attached hydrogens (tertiary/aromatic N) is 1. The van der Waals surface area contributed by atoms with Gasteiger partial charge in [0.05, 0.1) is 16.0 Å². The number of ether oxygens (including phenoxy) is 1. The maximum absolute atomic E-state index is 12.8. The number of thiophene rings is 1. The minimum Gasteiger partial charge on any atom is -0.373 e. The second-order valence-electron chi connectivity index (χ2n) is 5.58. The highest BCUT2D eigenvalue weighted by molar-refractivity contribution is 9.11. The van der Waals surface area contributed by atoms with E-state index >= 15 is 0 Å². The smallest absolute Gasteiger partial charge is 0.245 e. The first kappa shape index (κ1) is 17.4. The first-order valence-electron chi connectivity index (χ1n) is 6.89. The number of hydrogen-bond acceptors (Lipinski definition) is 5. The lowest BCUT2D eigenvalue weighted by atomic mass is 10.1. The molecule has 1 aromatic heterocycles. The third-order valence-corrected chi connectivity index (χ3v) is 7.36. The molecule has 1 fully saturated rings. The molecule has 0 atom stereocenters. The van der Waals surface area contributed by atoms with Crippen LogP contribution in [0.25, 0.3) is 0 Å². The van der Waals surface area contributed by atoms with E-state index in [0.717, 1.165) is 11.4 Å². The summed E-state index contributed by atoms with van der Waals surface area (Å²) in [7, 11) is -3.48. The average molecular weight is 397 g/mol. The van der Waals surface area contributed by atoms with E-state index in [1.54, 1.807) is 6.07 Å². The number of sulfonamides is 1. The number of morpholine rings is 1. The molecule has 1 N–H and O–H groups in total. The van der Waals surface area contributed by atoms with Gasteiger partial charge >= 0.3 is 0 Å². The third kappa shape index (κ3) is 4.05. The molecule has 0 aromatic carbocycles. The molecule has 0 radical (unpaired) electrons. The average Bonchev–Trinajstić information content (AvgIpc) is 2.77. The fraction of sp³-hybridized carbons (Fsp3) is 0.692. The monoisotopic (exact) mass is 396 g/mol. The van der Waals surface area contributed by atoms with Crippen LogP contribution in [0.3, 0.4) is 0 Å². The Hall–Kier alpha value is 0.01000. The molecular weight excluding hydrogens is 376 g/mol. The van der Waals surface area contributed by atoms with Gasteiger partial charge in [-0.2, -0.15) is 4.31 Å². The number of nitrogens with one attached hydrogen (secondary N) is 1. The van der Waals surface area contributed by atoms with E-state index in [1.165, 1.54) is 15.6 Å². The van der Waals surface area contributed by atoms with Crippen molar-refractivity contribution in [3.8, 4) is 0 Å². The molecule has 0 aliphatic carbocycles. The first-order valence-corrected chi connectivity index (χ1v) is 9.94. The molecule has 1 aromatic rings. The summed E-state index contributed by atoms with van der Waals surface area (Å²) in [6, 6.07) is 1.76. The SMILES string of the molecule is CCNCc1cc(S(=O)(=O)N2CCOC(C)(C)C2)c(Br)s1. The van der Waals surface area contributed by atoms with Crippen LogP contribution in [-0.4, -0.2) is 44.6 Å². The molecule has 1 aliphatic rings. The van der Waals surface area contributed by atoms with Crippen LogP contribution in [0.15, 0.2) is 14.7 Å². The van der Waals surface area contributed by atoms with Crippen LogP contribution in [0.1, 0.15) is 25.6 Å². The summed E-state index contributed by atoms with van der Waals surface area (Å²) in [6.45, 7) is 8.59. The van der Waals surface area contributed by atoms with Crippen LogP contribution >= 0.6 is 27.3 Å². The Balaban J connectivity index is 2.25. The van der Waals surface area contributed by atoms with Gasteiger partial charge in [0.15, 0.2) is 0 Å². The van der Waals surface area contributed by atoms with Gasteiger partial charge in [-0.15, -0.1) is 11.3 Å². The highest BCUT2D eigenvalue weighted by atomic mass is 79.9. The molecule has 2 rings (SSSR count). The van der Waals surface area contributed by atoms with Crippen molar-refractivity contribution in [1.29, 1.82) is 0 Å². The minimum atomic E-state index is -3.48. The molecule has 1 aliphatic heterocycles. The predicted octanol–water partition coefficient (Wildman–Crippen LogP) is 2.42. The highest BCUT2D eigenvalue weighted by Gasteiger charge is 2.36. The molecule has 1 saturated heterocycles. The van der Waals surface area contributed by atoms with Gasteiger partial charge in [-0.3, -0.25) is 0 Å². The van der Waals surface area contributed by atoms with Gasteiger partial charge in [-0.05, 0) is 42.4 Å². The van der Waals surface area contributed by atoms with E-state index in [0.29, 0.717) is 34.9 Å². The highest BCUT2D eigenvalue weighted by Crippen LogP contribution is 2.34. The van der Waals surface area contributed by atoms with Gasteiger partial charge in [0.1, 0.15) is 4.90 Å². The number of hydrogen-bond donors (Lipinski definition) is 1. The van der Waals surface area contributed by atoms with Gasteiger partial charge in [0, 0.05) is 24.5 Å². The number of halogens is 1. The van der Waals surface area contributed by atoms with Crippen molar-refractivity contribution in [1.82, 2.24) is 9.62 Å². The van der Waals surface area contributed by atoms with Crippen LogP contribution in [0, 0.1) is 0 Å². The second kappa shape index (κ2) is 6.64. The predicted molar refractivity (Wildman–Crippen MR) is 88.2 cm³/mol. The molecule has 0 saturated carbocycles. The zero-order chi connectivity index (χ0) is 15.7. The van der Waals surface area contributed by atoms with Gasteiger partial charge in [-0.1, -0.05) is 6.92 Å². The summed E-state index contributed by atoms with van der Waals surface area (Å²) in [6.07, 6.45) is 0. The summed E-state index contributed by atoms with van der Waals surface area (Å²) in [5.41, 5.74) is -0.444. The van der Waals surface area contributed by atoms with Crippen LogP contribution in [0.4, 0.5) is 0 Å². The fourth-order valence-corrected chi connectivity index (χ4v) is 6.40. The molecular formula is C13H21BrN2O3S2. The van der Waals surface area contributed by atoms with E-state index < -0.39 is 15.6 Å². The molecule has 5 nitrogen and oxygen atoms in total. The van der Waals surface area contributed by atoms with Crippen molar-refractivity contribution in [2.45, 2.75) is 37.8 Å². The lowest BCUT2D eigenvalue weighted by Gasteiger charge is -2.37. The van der Waals surface area contributed by atoms with Gasteiger partial charge in [0.2, 0.25) is 10.0 Å². The Bertz CT molecular complexity index is 599. The lowest BCUT2D eigenvalue weighted by molar-refractivity contribution is -0.0640. The fourth-order valence-electron chi connectivity index (χ4n) is 2.23. The zero-order valence-electron chi connectivity index (χ0n) is 12.5. The molecule has 0 spiro atoms. The molecule has 0 bridgehead atoms. The maximum atomic E-state index is 12.8. The van der Waals surface area contributed by atoms with Crippen molar-refractivity contribution in [2.75, 3.05) is 26.2 Å². The maximum Gasteiger partial charge on any atom is 0.245 e. The lowest BCUT2D eigenvalue weighted by Crippen LogP contribution is -2.50. The Morgan fingerprint density at radius 1 is 1.52 bits per heavy atom. The van der Waals surface area contributed by atoms with E-state index in [2.05, 4.69) is 21.2 Å². The van der Waals surface area contributed by atoms with Crippen molar-refractivity contribution in [3.05, 3.63) is 14.7 Å². The summed E-state index contributed by atoms with van der Waals surface area (Å²) < 4.78 is 33.4. The Morgan fingerprint density at radius 2 is 2.24 bits per heavy atom. The van der Waals surface area contributed by atoms with E-state index in [9.17, 15) is 8.42 Å². The first-order chi connectivity index (χ1) is 9.76. The van der Waals surface area contributed by atoms with E-state index in [-0.39, 0.29) is 0 Å².